The number of methoxy groups -OCH3 is 1. The van der Waals surface area contributed by atoms with Gasteiger partial charge >= 0.3 is 5.97 Å². The Bertz CT molecular complexity index is 964. The molecule has 0 saturated carbocycles. The van der Waals surface area contributed by atoms with Gasteiger partial charge in [0.2, 0.25) is 0 Å². The summed E-state index contributed by atoms with van der Waals surface area (Å²) in [6.45, 7) is 0. The Labute approximate surface area is 150 Å². The summed E-state index contributed by atoms with van der Waals surface area (Å²) in [5.41, 5.74) is 1.48. The zero-order chi connectivity index (χ0) is 18.5. The van der Waals surface area contributed by atoms with Crippen molar-refractivity contribution in [1.29, 1.82) is 0 Å². The molecule has 0 spiro atoms. The standard InChI is InChI=1S/C21H16O5/c1-25-21(24)18-5-3-2-4-17(18)20-13-11-16(26-20)10-12-19(23)14-6-8-15(22)9-7-14/h2-13,22H,1H3/b12-10+. The topological polar surface area (TPSA) is 76.7 Å². The van der Waals surface area contributed by atoms with Crippen molar-refractivity contribution >= 4 is 17.8 Å². The van der Waals surface area contributed by atoms with Gasteiger partial charge in [-0.15, -0.1) is 0 Å². The van der Waals surface area contributed by atoms with Gasteiger partial charge in [0.05, 0.1) is 12.7 Å². The van der Waals surface area contributed by atoms with E-state index >= 15 is 0 Å². The number of benzene rings is 2. The molecule has 130 valence electrons. The quantitative estimate of drug-likeness (QED) is 0.422. The molecule has 0 aliphatic rings. The van der Waals surface area contributed by atoms with Gasteiger partial charge in [0, 0.05) is 11.1 Å². The molecule has 0 bridgehead atoms. The van der Waals surface area contributed by atoms with E-state index in [0.717, 1.165) is 0 Å². The van der Waals surface area contributed by atoms with E-state index in [9.17, 15) is 14.7 Å². The zero-order valence-electron chi connectivity index (χ0n) is 14.0. The van der Waals surface area contributed by atoms with E-state index in [4.69, 9.17) is 9.15 Å². The highest BCUT2D eigenvalue weighted by molar-refractivity contribution is 6.06. The van der Waals surface area contributed by atoms with Gasteiger partial charge in [-0.2, -0.15) is 0 Å². The molecule has 5 heteroatoms. The molecule has 3 rings (SSSR count). The third kappa shape index (κ3) is 3.72. The average molecular weight is 348 g/mol. The molecule has 0 aliphatic heterocycles. The van der Waals surface area contributed by atoms with Crippen molar-refractivity contribution < 1.29 is 23.8 Å². The second-order valence-corrected chi connectivity index (χ2v) is 5.48. The van der Waals surface area contributed by atoms with E-state index < -0.39 is 5.97 Å². The minimum absolute atomic E-state index is 0.102. The number of allylic oxidation sites excluding steroid dienone is 1. The predicted molar refractivity (Wildman–Crippen MR) is 97.0 cm³/mol. The number of phenolic OH excluding ortho intramolecular Hbond substituents is 1. The zero-order valence-corrected chi connectivity index (χ0v) is 14.0. The van der Waals surface area contributed by atoms with E-state index in [1.54, 1.807) is 54.6 Å². The molecule has 1 N–H and O–H groups in total. The first-order valence-corrected chi connectivity index (χ1v) is 7.87. The molecule has 3 aromatic rings. The van der Waals surface area contributed by atoms with Crippen LogP contribution in [0.2, 0.25) is 0 Å². The second kappa shape index (κ2) is 7.53. The van der Waals surface area contributed by atoms with Crippen LogP contribution in [0.4, 0.5) is 0 Å². The fraction of sp³-hybridized carbons (Fsp3) is 0.0476. The normalized spacial score (nSPS) is 10.8. The lowest BCUT2D eigenvalue weighted by Gasteiger charge is -2.04. The number of esters is 1. The van der Waals surface area contributed by atoms with Crippen molar-refractivity contribution in [2.45, 2.75) is 0 Å². The number of phenols is 1. The minimum Gasteiger partial charge on any atom is -0.508 e. The molecule has 0 saturated heterocycles. The lowest BCUT2D eigenvalue weighted by atomic mass is 10.1. The van der Waals surface area contributed by atoms with Gasteiger partial charge in [-0.25, -0.2) is 4.79 Å². The Balaban J connectivity index is 1.81. The predicted octanol–water partition coefficient (Wildman–Crippen LogP) is 4.33. The summed E-state index contributed by atoms with van der Waals surface area (Å²) in [6, 6.07) is 16.4. The molecule has 1 heterocycles. The van der Waals surface area contributed by atoms with Crippen molar-refractivity contribution in [3.05, 3.63) is 83.6 Å². The van der Waals surface area contributed by atoms with Crippen LogP contribution >= 0.6 is 0 Å². The first-order chi connectivity index (χ1) is 12.6. The summed E-state index contributed by atoms with van der Waals surface area (Å²) < 4.78 is 10.5. The van der Waals surface area contributed by atoms with Crippen LogP contribution in [-0.2, 0) is 4.74 Å². The van der Waals surface area contributed by atoms with Crippen molar-refractivity contribution in [3.8, 4) is 17.1 Å². The number of aromatic hydroxyl groups is 1. The molecule has 2 aromatic carbocycles. The molecule has 0 fully saturated rings. The number of ether oxygens (including phenoxy) is 1. The van der Waals surface area contributed by atoms with Gasteiger partial charge < -0.3 is 14.3 Å². The third-order valence-electron chi connectivity index (χ3n) is 3.78. The fourth-order valence-electron chi connectivity index (χ4n) is 2.45. The lowest BCUT2D eigenvalue weighted by Crippen LogP contribution is -2.02. The van der Waals surface area contributed by atoms with Crippen molar-refractivity contribution in [2.75, 3.05) is 7.11 Å². The van der Waals surface area contributed by atoms with Crippen LogP contribution in [-0.4, -0.2) is 24.0 Å². The molecule has 0 aliphatic carbocycles. The maximum Gasteiger partial charge on any atom is 0.338 e. The van der Waals surface area contributed by atoms with Crippen LogP contribution in [0.15, 0.2) is 71.2 Å². The molecule has 26 heavy (non-hydrogen) atoms. The number of hydrogen-bond acceptors (Lipinski definition) is 5. The van der Waals surface area contributed by atoms with Crippen molar-refractivity contribution in [3.63, 3.8) is 0 Å². The summed E-state index contributed by atoms with van der Waals surface area (Å²) in [5.74, 6) is 0.425. The highest BCUT2D eigenvalue weighted by atomic mass is 16.5. The largest absolute Gasteiger partial charge is 0.508 e. The second-order valence-electron chi connectivity index (χ2n) is 5.48. The Morgan fingerprint density at radius 1 is 1.00 bits per heavy atom. The SMILES string of the molecule is COC(=O)c1ccccc1-c1ccc(/C=C/C(=O)c2ccc(O)cc2)o1. The Kier molecular flexibility index (Phi) is 4.99. The van der Waals surface area contributed by atoms with Gasteiger partial charge in [0.25, 0.3) is 0 Å². The molecule has 1 aromatic heterocycles. The molecule has 0 radical (unpaired) electrons. The van der Waals surface area contributed by atoms with Gasteiger partial charge in [0.1, 0.15) is 17.3 Å². The molecule has 0 unspecified atom stereocenters. The Morgan fingerprint density at radius 2 is 1.73 bits per heavy atom. The van der Waals surface area contributed by atoms with Crippen LogP contribution in [0, 0.1) is 0 Å². The van der Waals surface area contributed by atoms with Crippen molar-refractivity contribution in [2.24, 2.45) is 0 Å². The monoisotopic (exact) mass is 348 g/mol. The van der Waals surface area contributed by atoms with Crippen molar-refractivity contribution in [1.82, 2.24) is 0 Å². The first-order valence-electron chi connectivity index (χ1n) is 7.87. The summed E-state index contributed by atoms with van der Waals surface area (Å²) in [6.07, 6.45) is 2.95. The van der Waals surface area contributed by atoms with Gasteiger partial charge in [0.15, 0.2) is 5.78 Å². The minimum atomic E-state index is -0.448. The maximum absolute atomic E-state index is 12.1. The summed E-state index contributed by atoms with van der Waals surface area (Å²) in [4.78, 5) is 24.0. The van der Waals surface area contributed by atoms with E-state index in [-0.39, 0.29) is 11.5 Å². The average Bonchev–Trinajstić information content (AvgIpc) is 3.15. The number of rotatable bonds is 5. The summed E-state index contributed by atoms with van der Waals surface area (Å²) in [7, 11) is 1.32. The number of hydrogen-bond donors (Lipinski definition) is 1. The summed E-state index contributed by atoms with van der Waals surface area (Å²) in [5, 5.41) is 9.26. The number of ketones is 1. The molecule has 0 atom stereocenters. The summed E-state index contributed by atoms with van der Waals surface area (Å²) >= 11 is 0. The Hall–Kier alpha value is -3.60. The van der Waals surface area contributed by atoms with Crippen LogP contribution < -0.4 is 0 Å². The highest BCUT2D eigenvalue weighted by Gasteiger charge is 2.15. The number of carbonyl (C=O) groups is 2. The van der Waals surface area contributed by atoms with E-state index in [0.29, 0.717) is 28.2 Å². The highest BCUT2D eigenvalue weighted by Crippen LogP contribution is 2.27. The molecular weight excluding hydrogens is 332 g/mol. The first kappa shape index (κ1) is 17.2. The number of carbonyl (C=O) groups excluding carboxylic acids is 2. The van der Waals surface area contributed by atoms with Crippen LogP contribution in [0.3, 0.4) is 0 Å². The number of furan rings is 1. The van der Waals surface area contributed by atoms with Crippen LogP contribution in [0.25, 0.3) is 17.4 Å². The molecule has 0 amide bonds. The van der Waals surface area contributed by atoms with Gasteiger partial charge in [-0.05, 0) is 54.6 Å². The third-order valence-corrected chi connectivity index (χ3v) is 3.78. The van der Waals surface area contributed by atoms with Gasteiger partial charge in [-0.1, -0.05) is 18.2 Å². The molecule has 5 nitrogen and oxygen atoms in total. The smallest absolute Gasteiger partial charge is 0.338 e. The van der Waals surface area contributed by atoms with E-state index in [2.05, 4.69) is 0 Å². The maximum atomic E-state index is 12.1. The van der Waals surface area contributed by atoms with E-state index in [1.807, 2.05) is 0 Å². The molecular formula is C21H16O5. The van der Waals surface area contributed by atoms with Gasteiger partial charge in [-0.3, -0.25) is 4.79 Å². The Morgan fingerprint density at radius 3 is 2.46 bits per heavy atom. The van der Waals surface area contributed by atoms with Crippen LogP contribution in [0.5, 0.6) is 5.75 Å². The van der Waals surface area contributed by atoms with Crippen LogP contribution in [0.1, 0.15) is 26.5 Å². The lowest BCUT2D eigenvalue weighted by molar-refractivity contribution is 0.0601. The fourth-order valence-corrected chi connectivity index (χ4v) is 2.45. The van der Waals surface area contributed by atoms with E-state index in [1.165, 1.54) is 25.3 Å².